The van der Waals surface area contributed by atoms with Crippen molar-refractivity contribution in [2.45, 2.75) is 68.2 Å². The number of non-ortho nitro benzene ring substituents is 1. The Hall–Kier alpha value is -2.60. The molecule has 5 rings (SSSR count). The summed E-state index contributed by atoms with van der Waals surface area (Å²) in [6.07, 6.45) is 7.54. The van der Waals surface area contributed by atoms with Crippen molar-refractivity contribution in [2.75, 3.05) is 13.1 Å². The number of aryl methyl sites for hydroxylation is 1. The number of nitro benzene ring substituents is 1. The van der Waals surface area contributed by atoms with Gasteiger partial charge in [0.2, 0.25) is 20.0 Å². The van der Waals surface area contributed by atoms with Gasteiger partial charge in [0.15, 0.2) is 0 Å². The second-order valence-electron chi connectivity index (χ2n) is 11.6. The smallest absolute Gasteiger partial charge is 0.258 e. The molecule has 0 unspecified atom stereocenters. The van der Waals surface area contributed by atoms with E-state index in [2.05, 4.69) is 17.7 Å². The Morgan fingerprint density at radius 1 is 0.950 bits per heavy atom. The van der Waals surface area contributed by atoms with Crippen molar-refractivity contribution in [1.29, 1.82) is 0 Å². The molecular weight excluding hydrogens is 550 g/mol. The molecule has 216 valence electrons. The van der Waals surface area contributed by atoms with Gasteiger partial charge in [0.05, 0.1) is 14.7 Å². The first-order chi connectivity index (χ1) is 19.0. The molecule has 1 aliphatic heterocycles. The number of nitrogens with one attached hydrogen (secondary N) is 1. The Morgan fingerprint density at radius 2 is 1.62 bits per heavy atom. The number of rotatable bonds is 10. The first-order valence-corrected chi connectivity index (χ1v) is 16.9. The average Bonchev–Trinajstić information content (AvgIpc) is 2.92. The SMILES string of the molecule is Cc1ccc(S(=O)(=O)NCCCCC2=C[C@@H]3C[C@@H](C)C[C@H]4[C@@H]3C[C@@H]2CN4S(=O)(=O)c2ccc([N+](=O)[O-])cc2)cc1. The van der Waals surface area contributed by atoms with Crippen LogP contribution in [0.5, 0.6) is 0 Å². The van der Waals surface area contributed by atoms with Crippen molar-refractivity contribution in [3.05, 3.63) is 75.9 Å². The van der Waals surface area contributed by atoms with E-state index in [9.17, 15) is 26.9 Å². The van der Waals surface area contributed by atoms with Crippen LogP contribution in [0.2, 0.25) is 0 Å². The van der Waals surface area contributed by atoms with Gasteiger partial charge in [-0.3, -0.25) is 10.1 Å². The molecule has 2 bridgehead atoms. The molecule has 0 spiro atoms. The summed E-state index contributed by atoms with van der Waals surface area (Å²) in [5.41, 5.74) is 2.15. The highest BCUT2D eigenvalue weighted by atomic mass is 32.2. The molecule has 1 saturated heterocycles. The van der Waals surface area contributed by atoms with E-state index in [0.29, 0.717) is 31.3 Å². The van der Waals surface area contributed by atoms with Crippen molar-refractivity contribution >= 4 is 25.7 Å². The number of hydrogen-bond acceptors (Lipinski definition) is 6. The van der Waals surface area contributed by atoms with E-state index in [1.165, 1.54) is 29.8 Å². The monoisotopic (exact) mass is 587 g/mol. The van der Waals surface area contributed by atoms with Gasteiger partial charge in [0, 0.05) is 31.3 Å². The molecule has 2 aromatic carbocycles. The maximum Gasteiger partial charge on any atom is 0.269 e. The molecule has 3 aliphatic rings. The van der Waals surface area contributed by atoms with E-state index in [1.54, 1.807) is 28.6 Å². The zero-order valence-electron chi connectivity index (χ0n) is 22.9. The zero-order chi connectivity index (χ0) is 28.7. The summed E-state index contributed by atoms with van der Waals surface area (Å²) in [7, 11) is -7.36. The third-order valence-corrected chi connectivity index (χ3v) is 12.2. The molecule has 0 amide bonds. The van der Waals surface area contributed by atoms with Crippen molar-refractivity contribution in [1.82, 2.24) is 9.03 Å². The molecule has 0 radical (unpaired) electrons. The summed E-state index contributed by atoms with van der Waals surface area (Å²) >= 11 is 0. The number of hydrogen-bond donors (Lipinski definition) is 1. The van der Waals surface area contributed by atoms with Crippen LogP contribution < -0.4 is 4.72 Å². The Bertz CT molecular complexity index is 1490. The minimum absolute atomic E-state index is 0.0702. The molecule has 1 N–H and O–H groups in total. The average molecular weight is 588 g/mol. The number of benzene rings is 2. The molecule has 0 aromatic heterocycles. The van der Waals surface area contributed by atoms with Crippen LogP contribution in [0.25, 0.3) is 0 Å². The number of piperidine rings is 1. The predicted molar refractivity (Wildman–Crippen MR) is 153 cm³/mol. The van der Waals surface area contributed by atoms with Crippen molar-refractivity contribution < 1.29 is 21.8 Å². The van der Waals surface area contributed by atoms with Crippen molar-refractivity contribution in [3.63, 3.8) is 0 Å². The summed E-state index contributed by atoms with van der Waals surface area (Å²) in [6.45, 7) is 4.85. The number of unbranched alkanes of at least 4 members (excludes halogenated alkanes) is 1. The van der Waals surface area contributed by atoms with Crippen LogP contribution in [0.4, 0.5) is 5.69 Å². The van der Waals surface area contributed by atoms with E-state index >= 15 is 0 Å². The Labute approximate surface area is 236 Å². The second-order valence-corrected chi connectivity index (χ2v) is 15.3. The maximum absolute atomic E-state index is 13.8. The van der Waals surface area contributed by atoms with Crippen LogP contribution in [-0.2, 0) is 20.0 Å². The normalized spacial score (nSPS) is 26.8. The third-order valence-electron chi connectivity index (χ3n) is 8.81. The molecule has 9 nitrogen and oxygen atoms in total. The lowest BCUT2D eigenvalue weighted by molar-refractivity contribution is -0.384. The van der Waals surface area contributed by atoms with Crippen LogP contribution in [0, 0.1) is 40.7 Å². The Balaban J connectivity index is 1.26. The van der Waals surface area contributed by atoms with Crippen molar-refractivity contribution in [3.8, 4) is 0 Å². The number of nitrogens with zero attached hydrogens (tertiary/aromatic N) is 2. The molecule has 5 atom stereocenters. The largest absolute Gasteiger partial charge is 0.269 e. The van der Waals surface area contributed by atoms with Gasteiger partial charge in [-0.15, -0.1) is 0 Å². The predicted octanol–water partition coefficient (Wildman–Crippen LogP) is 5.03. The minimum atomic E-state index is -3.81. The molecule has 40 heavy (non-hydrogen) atoms. The van der Waals surface area contributed by atoms with E-state index in [1.807, 2.05) is 6.92 Å². The molecule has 2 fully saturated rings. The first-order valence-electron chi connectivity index (χ1n) is 14.0. The highest BCUT2D eigenvalue weighted by Gasteiger charge is 2.50. The Morgan fingerprint density at radius 3 is 2.30 bits per heavy atom. The van der Waals surface area contributed by atoms with Crippen molar-refractivity contribution in [2.24, 2.45) is 23.7 Å². The molecule has 1 saturated carbocycles. The topological polar surface area (TPSA) is 127 Å². The number of fused-ring (bicyclic) bond motifs is 1. The van der Waals surface area contributed by atoms with Gasteiger partial charge in [-0.25, -0.2) is 21.6 Å². The van der Waals surface area contributed by atoms with Crippen LogP contribution in [0.3, 0.4) is 0 Å². The van der Waals surface area contributed by atoms with Gasteiger partial charge < -0.3 is 0 Å². The van der Waals surface area contributed by atoms with Gasteiger partial charge in [0.25, 0.3) is 5.69 Å². The number of allylic oxidation sites excluding steroid dienone is 1. The summed E-state index contributed by atoms with van der Waals surface area (Å²) in [4.78, 5) is 10.9. The summed E-state index contributed by atoms with van der Waals surface area (Å²) in [5, 5.41) is 11.1. The lowest BCUT2D eigenvalue weighted by Crippen LogP contribution is -2.57. The van der Waals surface area contributed by atoms with Crippen LogP contribution in [0.1, 0.15) is 51.0 Å². The minimum Gasteiger partial charge on any atom is -0.258 e. The fourth-order valence-corrected chi connectivity index (χ4v) is 9.60. The molecular formula is C29H37N3O6S2. The fourth-order valence-electron chi connectivity index (χ4n) is 6.80. The summed E-state index contributed by atoms with van der Waals surface area (Å²) in [5.74, 6) is 1.12. The van der Waals surface area contributed by atoms with Gasteiger partial charge in [-0.05, 0) is 93.4 Å². The first kappa shape index (κ1) is 28.9. The van der Waals surface area contributed by atoms with Gasteiger partial charge >= 0.3 is 0 Å². The number of sulfonamides is 2. The standard InChI is InChI=1S/C29H37N3O6S2/c1-20-6-10-26(11-7-20)39(35,36)30-14-4-3-5-22-17-23-15-21(2)16-29-28(23)18-24(22)19-31(29)40(37,38)27-12-8-25(9-13-27)32(33)34/h6-13,17,21,23-24,28-30H,3-5,14-16,18-19H2,1-2H3/t21-,23+,24-,28-,29+/m1/s1. The lowest BCUT2D eigenvalue weighted by atomic mass is 9.61. The molecule has 11 heteroatoms. The molecule has 2 aromatic rings. The number of nitro groups is 1. The maximum atomic E-state index is 13.8. The van der Waals surface area contributed by atoms with E-state index < -0.39 is 25.0 Å². The third kappa shape index (κ3) is 5.88. The second kappa shape index (κ2) is 11.3. The molecule has 2 aliphatic carbocycles. The zero-order valence-corrected chi connectivity index (χ0v) is 24.5. The van der Waals surface area contributed by atoms with E-state index in [4.69, 9.17) is 0 Å². The van der Waals surface area contributed by atoms with E-state index in [0.717, 1.165) is 37.7 Å². The van der Waals surface area contributed by atoms with Gasteiger partial charge in [0.1, 0.15) is 0 Å². The summed E-state index contributed by atoms with van der Waals surface area (Å²) < 4.78 is 57.2. The van der Waals surface area contributed by atoms with Crippen LogP contribution in [-0.4, -0.2) is 45.2 Å². The van der Waals surface area contributed by atoms with Gasteiger partial charge in [-0.2, -0.15) is 4.31 Å². The fraction of sp³-hybridized carbons (Fsp3) is 0.517. The highest BCUT2D eigenvalue weighted by Crippen LogP contribution is 2.51. The van der Waals surface area contributed by atoms with Gasteiger partial charge in [-0.1, -0.05) is 36.3 Å². The van der Waals surface area contributed by atoms with Crippen LogP contribution >= 0.6 is 0 Å². The lowest BCUT2D eigenvalue weighted by Gasteiger charge is -2.53. The Kier molecular flexibility index (Phi) is 8.20. The van der Waals surface area contributed by atoms with E-state index in [-0.39, 0.29) is 33.4 Å². The van der Waals surface area contributed by atoms with Crippen LogP contribution in [0.15, 0.2) is 70.0 Å². The summed E-state index contributed by atoms with van der Waals surface area (Å²) in [6, 6.07) is 11.9. The highest BCUT2D eigenvalue weighted by molar-refractivity contribution is 7.89. The quantitative estimate of drug-likeness (QED) is 0.180. The molecule has 1 heterocycles.